The average molecular weight is 393 g/mol. The van der Waals surface area contributed by atoms with Gasteiger partial charge in [0, 0.05) is 28.8 Å². The maximum absolute atomic E-state index is 12.4. The molecule has 3 rings (SSSR count). The number of nitro groups is 1. The number of nitro benzene ring substituents is 1. The molecule has 0 fully saturated rings. The maximum atomic E-state index is 12.4. The van der Waals surface area contributed by atoms with Crippen LogP contribution in [-0.2, 0) is 17.6 Å². The Labute approximate surface area is 159 Å². The second-order valence-electron chi connectivity index (χ2n) is 5.83. The van der Waals surface area contributed by atoms with Crippen molar-refractivity contribution in [3.63, 3.8) is 0 Å². The summed E-state index contributed by atoms with van der Waals surface area (Å²) >= 11 is 7.61. The van der Waals surface area contributed by atoms with Gasteiger partial charge in [-0.3, -0.25) is 10.1 Å². The quantitative estimate of drug-likeness (QED) is 0.306. The first-order valence-electron chi connectivity index (χ1n) is 8.31. The molecule has 0 saturated carbocycles. The molecule has 6 nitrogen and oxygen atoms in total. The van der Waals surface area contributed by atoms with E-state index in [1.54, 1.807) is 13.0 Å². The van der Waals surface area contributed by atoms with Crippen molar-refractivity contribution >= 4 is 45.8 Å². The summed E-state index contributed by atoms with van der Waals surface area (Å²) in [4.78, 5) is 28.3. The number of hydrogen-bond acceptors (Lipinski definition) is 6. The molecule has 26 heavy (non-hydrogen) atoms. The molecule has 0 radical (unpaired) electrons. The maximum Gasteiger partial charge on any atom is 0.341 e. The first kappa shape index (κ1) is 18.5. The Balaban J connectivity index is 1.96. The van der Waals surface area contributed by atoms with Crippen molar-refractivity contribution in [3.8, 4) is 0 Å². The third-order valence-corrected chi connectivity index (χ3v) is 5.68. The van der Waals surface area contributed by atoms with Gasteiger partial charge >= 0.3 is 5.97 Å². The van der Waals surface area contributed by atoms with Gasteiger partial charge in [-0.1, -0.05) is 11.6 Å². The van der Waals surface area contributed by atoms with E-state index >= 15 is 0 Å². The molecule has 1 aromatic carbocycles. The van der Waals surface area contributed by atoms with Gasteiger partial charge in [-0.25, -0.2) is 9.79 Å². The van der Waals surface area contributed by atoms with Crippen LogP contribution in [0.4, 0.5) is 10.7 Å². The highest BCUT2D eigenvalue weighted by atomic mass is 35.5. The van der Waals surface area contributed by atoms with Crippen LogP contribution in [0.3, 0.4) is 0 Å². The third-order valence-electron chi connectivity index (χ3n) is 4.15. The number of thiophene rings is 1. The molecule has 1 aliphatic carbocycles. The van der Waals surface area contributed by atoms with Gasteiger partial charge in [-0.2, -0.15) is 0 Å². The van der Waals surface area contributed by atoms with Gasteiger partial charge < -0.3 is 4.74 Å². The lowest BCUT2D eigenvalue weighted by Gasteiger charge is -2.11. The third kappa shape index (κ3) is 3.78. The summed E-state index contributed by atoms with van der Waals surface area (Å²) in [5.74, 6) is -0.353. The molecular weight excluding hydrogens is 376 g/mol. The van der Waals surface area contributed by atoms with Crippen LogP contribution in [0, 0.1) is 10.1 Å². The number of aliphatic imine (C=N–C) groups is 1. The molecule has 1 aliphatic rings. The van der Waals surface area contributed by atoms with Crippen molar-refractivity contribution in [3.05, 3.63) is 54.9 Å². The number of nitrogens with zero attached hydrogens (tertiary/aromatic N) is 2. The van der Waals surface area contributed by atoms with Crippen molar-refractivity contribution in [2.24, 2.45) is 4.99 Å². The van der Waals surface area contributed by atoms with Crippen LogP contribution in [0.2, 0.25) is 5.02 Å². The lowest BCUT2D eigenvalue weighted by Crippen LogP contribution is -2.09. The lowest BCUT2D eigenvalue weighted by molar-refractivity contribution is -0.384. The summed E-state index contributed by atoms with van der Waals surface area (Å²) in [6, 6.07) is 4.20. The first-order chi connectivity index (χ1) is 12.5. The van der Waals surface area contributed by atoms with E-state index in [0.29, 0.717) is 22.7 Å². The Hall–Kier alpha value is -2.25. The van der Waals surface area contributed by atoms with Crippen molar-refractivity contribution in [1.82, 2.24) is 0 Å². The van der Waals surface area contributed by atoms with Crippen LogP contribution >= 0.6 is 22.9 Å². The highest BCUT2D eigenvalue weighted by molar-refractivity contribution is 7.16. The predicted octanol–water partition coefficient (Wildman–Crippen LogP) is 5.12. The number of aryl methyl sites for hydroxylation is 1. The van der Waals surface area contributed by atoms with Crippen LogP contribution in [-0.4, -0.2) is 23.7 Å². The Morgan fingerprint density at radius 1 is 1.42 bits per heavy atom. The minimum Gasteiger partial charge on any atom is -0.462 e. The fourth-order valence-electron chi connectivity index (χ4n) is 2.92. The molecule has 0 N–H and O–H groups in total. The molecule has 1 heterocycles. The minimum absolute atomic E-state index is 0.0778. The number of rotatable bonds is 5. The van der Waals surface area contributed by atoms with Gasteiger partial charge in [-0.15, -0.1) is 11.3 Å². The van der Waals surface area contributed by atoms with Crippen molar-refractivity contribution in [1.29, 1.82) is 0 Å². The minimum atomic E-state index is -0.501. The average Bonchev–Trinajstić information content (AvgIpc) is 2.99. The number of benzene rings is 1. The fraction of sp³-hybridized carbons (Fsp3) is 0.333. The number of fused-ring (bicyclic) bond motifs is 1. The number of ether oxygens (including phenoxy) is 1. The van der Waals surface area contributed by atoms with Crippen molar-refractivity contribution in [2.75, 3.05) is 6.61 Å². The molecule has 2 aromatic rings. The summed E-state index contributed by atoms with van der Waals surface area (Å²) in [7, 11) is 0. The normalized spacial score (nSPS) is 13.6. The zero-order chi connectivity index (χ0) is 18.7. The van der Waals surface area contributed by atoms with Crippen LogP contribution in [0.5, 0.6) is 0 Å². The Kier molecular flexibility index (Phi) is 5.68. The smallest absolute Gasteiger partial charge is 0.341 e. The molecule has 0 saturated heterocycles. The zero-order valence-electron chi connectivity index (χ0n) is 14.2. The van der Waals surface area contributed by atoms with E-state index < -0.39 is 4.92 Å². The Bertz CT molecular complexity index is 892. The lowest BCUT2D eigenvalue weighted by atomic mass is 9.95. The highest BCUT2D eigenvalue weighted by Crippen LogP contribution is 2.40. The van der Waals surface area contributed by atoms with Crippen LogP contribution in [0.25, 0.3) is 0 Å². The zero-order valence-corrected chi connectivity index (χ0v) is 15.7. The number of esters is 1. The molecule has 0 spiro atoms. The topological polar surface area (TPSA) is 81.8 Å². The predicted molar refractivity (Wildman–Crippen MR) is 102 cm³/mol. The molecule has 8 heteroatoms. The number of carbonyl (C=O) groups is 1. The number of non-ortho nitro benzene ring substituents is 1. The fourth-order valence-corrected chi connectivity index (χ4v) is 4.36. The summed E-state index contributed by atoms with van der Waals surface area (Å²) in [5, 5.41) is 11.6. The van der Waals surface area contributed by atoms with Gasteiger partial charge in [-0.05, 0) is 44.2 Å². The Morgan fingerprint density at radius 2 is 2.19 bits per heavy atom. The first-order valence-corrected chi connectivity index (χ1v) is 9.50. The number of carbonyl (C=O) groups excluding carboxylic acids is 1. The molecule has 136 valence electrons. The van der Waals surface area contributed by atoms with Gasteiger partial charge in [0.1, 0.15) is 5.00 Å². The molecule has 0 amide bonds. The van der Waals surface area contributed by atoms with Crippen molar-refractivity contribution < 1.29 is 14.5 Å². The number of halogens is 1. The van der Waals surface area contributed by atoms with Crippen molar-refractivity contribution in [2.45, 2.75) is 32.6 Å². The van der Waals surface area contributed by atoms with Crippen LogP contribution in [0.1, 0.15) is 46.1 Å². The SMILES string of the molecule is CCOC(=O)c1c(/N=C/c2ccc([N+](=O)[O-])cc2Cl)sc2c1CCCC2. The summed E-state index contributed by atoms with van der Waals surface area (Å²) in [5.41, 5.74) is 2.06. The van der Waals surface area contributed by atoms with E-state index in [9.17, 15) is 14.9 Å². The summed E-state index contributed by atoms with van der Waals surface area (Å²) in [6.07, 6.45) is 5.49. The van der Waals surface area contributed by atoms with Gasteiger partial charge in [0.15, 0.2) is 0 Å². The monoisotopic (exact) mass is 392 g/mol. The molecule has 0 bridgehead atoms. The van der Waals surface area contributed by atoms with Gasteiger partial charge in [0.05, 0.1) is 22.1 Å². The molecule has 0 atom stereocenters. The molecule has 1 aromatic heterocycles. The van der Waals surface area contributed by atoms with Gasteiger partial charge in [0.25, 0.3) is 5.69 Å². The molecule has 0 aliphatic heterocycles. The van der Waals surface area contributed by atoms with E-state index in [4.69, 9.17) is 16.3 Å². The second-order valence-corrected chi connectivity index (χ2v) is 7.32. The van der Waals surface area contributed by atoms with E-state index in [1.807, 2.05) is 0 Å². The largest absolute Gasteiger partial charge is 0.462 e. The highest BCUT2D eigenvalue weighted by Gasteiger charge is 2.26. The standard InChI is InChI=1S/C18H17ClN2O4S/c1-2-25-18(22)16-13-5-3-4-6-15(13)26-17(16)20-10-11-7-8-12(21(23)24)9-14(11)19/h7-10H,2-6H2,1H3/b20-10+. The molecule has 0 unspecified atom stereocenters. The molecular formula is C18H17ClN2O4S. The summed E-state index contributed by atoms with van der Waals surface area (Å²) in [6.45, 7) is 2.08. The summed E-state index contributed by atoms with van der Waals surface area (Å²) < 4.78 is 5.20. The van der Waals surface area contributed by atoms with Gasteiger partial charge in [0.2, 0.25) is 0 Å². The van der Waals surface area contributed by atoms with Crippen LogP contribution < -0.4 is 0 Å². The second kappa shape index (κ2) is 7.97. The van der Waals surface area contributed by atoms with E-state index in [0.717, 1.165) is 31.2 Å². The number of hydrogen-bond donors (Lipinski definition) is 0. The Morgan fingerprint density at radius 3 is 2.88 bits per heavy atom. The van der Waals surface area contributed by atoms with E-state index in [2.05, 4.69) is 4.99 Å². The van der Waals surface area contributed by atoms with E-state index in [1.165, 1.54) is 34.6 Å². The van der Waals surface area contributed by atoms with E-state index in [-0.39, 0.29) is 16.7 Å². The van der Waals surface area contributed by atoms with Crippen LogP contribution in [0.15, 0.2) is 23.2 Å².